The van der Waals surface area contributed by atoms with E-state index in [4.69, 9.17) is 0 Å². The molecule has 0 spiro atoms. The number of tetrazole rings is 1. The van der Waals surface area contributed by atoms with Crippen molar-refractivity contribution in [2.24, 2.45) is 0 Å². The van der Waals surface area contributed by atoms with Gasteiger partial charge < -0.3 is 5.32 Å². The van der Waals surface area contributed by atoms with Crippen molar-refractivity contribution in [3.8, 4) is 5.69 Å². The Bertz CT molecular complexity index is 862. The molecule has 1 amide bonds. The molecule has 0 aliphatic heterocycles. The van der Waals surface area contributed by atoms with Gasteiger partial charge in [0.2, 0.25) is 5.91 Å². The molecule has 0 aliphatic rings. The molecule has 3 aromatic rings. The number of nitrogens with one attached hydrogen (secondary N) is 2. The van der Waals surface area contributed by atoms with Crippen molar-refractivity contribution in [1.29, 1.82) is 0 Å². The van der Waals surface area contributed by atoms with E-state index in [2.05, 4.69) is 20.8 Å². The summed E-state index contributed by atoms with van der Waals surface area (Å²) in [5.41, 5.74) is 2.93. The third-order valence-corrected chi connectivity index (χ3v) is 3.35. The van der Waals surface area contributed by atoms with E-state index in [1.165, 1.54) is 0 Å². The van der Waals surface area contributed by atoms with Crippen LogP contribution in [0.15, 0.2) is 53.3 Å². The minimum Gasteiger partial charge on any atom is -0.326 e. The lowest BCUT2D eigenvalue weighted by molar-refractivity contribution is -0.115. The second-order valence-electron chi connectivity index (χ2n) is 5.18. The van der Waals surface area contributed by atoms with Crippen LogP contribution in [0.2, 0.25) is 0 Å². The number of rotatable bonds is 4. The molecule has 2 N–H and O–H groups in total. The fourth-order valence-corrected chi connectivity index (χ4v) is 2.15. The van der Waals surface area contributed by atoms with Gasteiger partial charge in [0, 0.05) is 5.69 Å². The summed E-state index contributed by atoms with van der Waals surface area (Å²) in [6.07, 6.45) is 0.310. The maximum Gasteiger partial charge on any atom is 0.365 e. The fourth-order valence-electron chi connectivity index (χ4n) is 2.15. The monoisotopic (exact) mass is 309 g/mol. The third-order valence-electron chi connectivity index (χ3n) is 3.35. The smallest absolute Gasteiger partial charge is 0.326 e. The van der Waals surface area contributed by atoms with Crippen LogP contribution in [-0.2, 0) is 11.2 Å². The molecule has 3 rings (SSSR count). The molecule has 0 saturated heterocycles. The number of hydrogen-bond donors (Lipinski definition) is 2. The van der Waals surface area contributed by atoms with Gasteiger partial charge in [0.05, 0.1) is 12.1 Å². The Morgan fingerprint density at radius 1 is 1.13 bits per heavy atom. The number of H-pyrrole nitrogens is 1. The lowest BCUT2D eigenvalue weighted by Crippen LogP contribution is -2.16. The molecule has 0 bridgehead atoms. The first-order valence-corrected chi connectivity index (χ1v) is 7.08. The van der Waals surface area contributed by atoms with Gasteiger partial charge in [-0.3, -0.25) is 4.79 Å². The van der Waals surface area contributed by atoms with Crippen LogP contribution >= 0.6 is 0 Å². The quantitative estimate of drug-likeness (QED) is 0.763. The van der Waals surface area contributed by atoms with Gasteiger partial charge in [-0.2, -0.15) is 4.68 Å². The normalized spacial score (nSPS) is 10.5. The van der Waals surface area contributed by atoms with Crippen LogP contribution in [0.3, 0.4) is 0 Å². The van der Waals surface area contributed by atoms with Crippen molar-refractivity contribution in [2.45, 2.75) is 13.3 Å². The summed E-state index contributed by atoms with van der Waals surface area (Å²) >= 11 is 0. The molecule has 23 heavy (non-hydrogen) atoms. The first-order chi connectivity index (χ1) is 11.1. The number of nitrogens with zero attached hydrogens (tertiary/aromatic N) is 3. The third kappa shape index (κ3) is 3.52. The first-order valence-electron chi connectivity index (χ1n) is 7.08. The molecule has 1 aromatic heterocycles. The van der Waals surface area contributed by atoms with Crippen molar-refractivity contribution in [3.05, 3.63) is 70.1 Å². The average Bonchev–Trinajstić information content (AvgIpc) is 2.96. The van der Waals surface area contributed by atoms with Crippen LogP contribution in [-0.4, -0.2) is 26.1 Å². The highest BCUT2D eigenvalue weighted by atomic mass is 16.2. The Hall–Kier alpha value is -3.22. The number of hydrogen-bond acceptors (Lipinski definition) is 4. The Balaban J connectivity index is 1.66. The number of anilines is 1. The summed E-state index contributed by atoms with van der Waals surface area (Å²) in [6.45, 7) is 2.01. The van der Waals surface area contributed by atoms with Crippen molar-refractivity contribution in [3.63, 3.8) is 0 Å². The van der Waals surface area contributed by atoms with Gasteiger partial charge in [-0.1, -0.05) is 29.8 Å². The van der Waals surface area contributed by atoms with E-state index in [-0.39, 0.29) is 5.91 Å². The zero-order valence-electron chi connectivity index (χ0n) is 12.5. The molecule has 7 nitrogen and oxygen atoms in total. The predicted octanol–water partition coefficient (Wildman–Crippen LogP) is 1.45. The molecule has 0 fully saturated rings. The molecule has 0 aliphatic carbocycles. The van der Waals surface area contributed by atoms with Gasteiger partial charge >= 0.3 is 5.69 Å². The van der Waals surface area contributed by atoms with Crippen LogP contribution in [0.5, 0.6) is 0 Å². The summed E-state index contributed by atoms with van der Waals surface area (Å²) in [4.78, 5) is 23.5. The molecule has 116 valence electrons. The van der Waals surface area contributed by atoms with Gasteiger partial charge in [0.15, 0.2) is 0 Å². The molecule has 0 atom stereocenters. The van der Waals surface area contributed by atoms with E-state index >= 15 is 0 Å². The SMILES string of the molecule is Cc1ccc(CC(=O)Nc2ccc(-n3nn[nH]c3=O)cc2)cc1. The standard InChI is InChI=1S/C16H15N5O2/c1-11-2-4-12(5-3-11)10-15(22)17-13-6-8-14(9-7-13)21-16(23)18-19-20-21/h2-9H,10H2,1H3,(H,17,22)(H,18,20,23). The molecule has 7 heteroatoms. The van der Waals surface area contributed by atoms with E-state index in [0.717, 1.165) is 15.8 Å². The van der Waals surface area contributed by atoms with Crippen molar-refractivity contribution in [1.82, 2.24) is 20.2 Å². The Labute approximate surface area is 131 Å². The Morgan fingerprint density at radius 2 is 1.83 bits per heavy atom. The van der Waals surface area contributed by atoms with Gasteiger partial charge in [0.25, 0.3) is 0 Å². The first kappa shape index (κ1) is 14.7. The molecular formula is C16H15N5O2. The highest BCUT2D eigenvalue weighted by molar-refractivity contribution is 5.92. The van der Waals surface area contributed by atoms with Crippen LogP contribution in [0.4, 0.5) is 5.69 Å². The number of amides is 1. The second kappa shape index (κ2) is 6.27. The summed E-state index contributed by atoms with van der Waals surface area (Å²) in [5, 5.41) is 12.1. The average molecular weight is 309 g/mol. The maximum absolute atomic E-state index is 12.0. The van der Waals surface area contributed by atoms with Gasteiger partial charge in [-0.15, -0.1) is 0 Å². The number of aromatic amines is 1. The second-order valence-corrected chi connectivity index (χ2v) is 5.18. The van der Waals surface area contributed by atoms with Crippen LogP contribution < -0.4 is 11.0 Å². The van der Waals surface area contributed by atoms with E-state index < -0.39 is 5.69 Å². The Morgan fingerprint density at radius 3 is 2.43 bits per heavy atom. The number of aromatic nitrogens is 4. The number of aryl methyl sites for hydroxylation is 1. The summed E-state index contributed by atoms with van der Waals surface area (Å²) in [7, 11) is 0. The number of benzene rings is 2. The molecule has 0 saturated carbocycles. The van der Waals surface area contributed by atoms with Gasteiger partial charge in [-0.25, -0.2) is 9.89 Å². The van der Waals surface area contributed by atoms with Crippen molar-refractivity contribution in [2.75, 3.05) is 5.32 Å². The lowest BCUT2D eigenvalue weighted by atomic mass is 10.1. The van der Waals surface area contributed by atoms with Crippen LogP contribution in [0.25, 0.3) is 5.69 Å². The molecule has 0 unspecified atom stereocenters. The predicted molar refractivity (Wildman–Crippen MR) is 85.5 cm³/mol. The van der Waals surface area contributed by atoms with Crippen molar-refractivity contribution >= 4 is 11.6 Å². The van der Waals surface area contributed by atoms with Crippen LogP contribution in [0.1, 0.15) is 11.1 Å². The zero-order chi connectivity index (χ0) is 16.2. The number of carbonyl (C=O) groups is 1. The number of carbonyl (C=O) groups excluding carboxylic acids is 1. The fraction of sp³-hybridized carbons (Fsp3) is 0.125. The van der Waals surface area contributed by atoms with E-state index in [0.29, 0.717) is 17.8 Å². The maximum atomic E-state index is 12.0. The molecule has 0 radical (unpaired) electrons. The van der Waals surface area contributed by atoms with Crippen LogP contribution in [0, 0.1) is 6.92 Å². The zero-order valence-corrected chi connectivity index (χ0v) is 12.5. The van der Waals surface area contributed by atoms with E-state index in [1.54, 1.807) is 24.3 Å². The summed E-state index contributed by atoms with van der Waals surface area (Å²) in [6, 6.07) is 14.6. The van der Waals surface area contributed by atoms with Gasteiger partial charge in [-0.05, 0) is 47.2 Å². The van der Waals surface area contributed by atoms with Gasteiger partial charge in [0.1, 0.15) is 0 Å². The van der Waals surface area contributed by atoms with E-state index in [9.17, 15) is 9.59 Å². The largest absolute Gasteiger partial charge is 0.365 e. The highest BCUT2D eigenvalue weighted by Gasteiger charge is 2.06. The minimum absolute atomic E-state index is 0.0970. The summed E-state index contributed by atoms with van der Waals surface area (Å²) in [5.74, 6) is -0.0970. The molecule has 2 aromatic carbocycles. The highest BCUT2D eigenvalue weighted by Crippen LogP contribution is 2.12. The topological polar surface area (TPSA) is 92.7 Å². The molecular weight excluding hydrogens is 294 g/mol. The molecule has 1 heterocycles. The van der Waals surface area contributed by atoms with Crippen molar-refractivity contribution < 1.29 is 4.79 Å². The summed E-state index contributed by atoms with van der Waals surface area (Å²) < 4.78 is 1.14. The van der Waals surface area contributed by atoms with E-state index in [1.807, 2.05) is 31.2 Å². The Kier molecular flexibility index (Phi) is 4.01. The lowest BCUT2D eigenvalue weighted by Gasteiger charge is -2.06. The minimum atomic E-state index is -0.416.